The Bertz CT molecular complexity index is 586. The Balaban J connectivity index is 2.21. The van der Waals surface area contributed by atoms with Gasteiger partial charge in [0.15, 0.2) is 0 Å². The number of carbonyl (C=O) groups excluding carboxylic acids is 1. The molecule has 0 aliphatic carbocycles. The summed E-state index contributed by atoms with van der Waals surface area (Å²) in [5.74, 6) is 0.824. The lowest BCUT2D eigenvalue weighted by atomic mass is 10.2. The van der Waals surface area contributed by atoms with Crippen molar-refractivity contribution in [2.75, 3.05) is 6.61 Å². The molecule has 0 atom stereocenters. The minimum Gasteiger partial charge on any atom is -0.462 e. The predicted octanol–water partition coefficient (Wildman–Crippen LogP) is 2.16. The standard InChI is InChI=1S/C13H14N2O2/c1-2-17-13(16)9-5-3-6-10-12(9)15-8-4-7-11(15)14-10/h3,5-6H,2,4,7-8H2,1H3. The van der Waals surface area contributed by atoms with E-state index in [9.17, 15) is 4.79 Å². The van der Waals surface area contributed by atoms with Crippen LogP contribution < -0.4 is 0 Å². The van der Waals surface area contributed by atoms with E-state index >= 15 is 0 Å². The fraction of sp³-hybridized carbons (Fsp3) is 0.385. The van der Waals surface area contributed by atoms with Crippen LogP contribution in [0.4, 0.5) is 0 Å². The molecule has 1 aliphatic rings. The third kappa shape index (κ3) is 1.52. The zero-order valence-electron chi connectivity index (χ0n) is 9.77. The molecule has 4 nitrogen and oxygen atoms in total. The number of rotatable bonds is 2. The number of benzene rings is 1. The Morgan fingerprint density at radius 3 is 3.24 bits per heavy atom. The topological polar surface area (TPSA) is 44.1 Å². The SMILES string of the molecule is CCOC(=O)c1cccc2nc3n(c12)CCC3. The van der Waals surface area contributed by atoms with Crippen LogP contribution >= 0.6 is 0 Å². The molecule has 3 rings (SSSR count). The van der Waals surface area contributed by atoms with Crippen LogP contribution in [0.5, 0.6) is 0 Å². The van der Waals surface area contributed by atoms with Crippen LogP contribution in [0.1, 0.15) is 29.5 Å². The molecule has 1 aromatic heterocycles. The molecule has 2 heterocycles. The van der Waals surface area contributed by atoms with Gasteiger partial charge in [-0.1, -0.05) is 6.07 Å². The highest BCUT2D eigenvalue weighted by Crippen LogP contribution is 2.26. The smallest absolute Gasteiger partial charge is 0.340 e. The maximum Gasteiger partial charge on any atom is 0.340 e. The Morgan fingerprint density at radius 2 is 2.41 bits per heavy atom. The van der Waals surface area contributed by atoms with E-state index in [1.807, 2.05) is 25.1 Å². The highest BCUT2D eigenvalue weighted by Gasteiger charge is 2.21. The van der Waals surface area contributed by atoms with Gasteiger partial charge in [-0.3, -0.25) is 0 Å². The van der Waals surface area contributed by atoms with Gasteiger partial charge >= 0.3 is 5.97 Å². The van der Waals surface area contributed by atoms with Crippen molar-refractivity contribution in [1.82, 2.24) is 9.55 Å². The molecule has 0 amide bonds. The molecular formula is C13H14N2O2. The summed E-state index contributed by atoms with van der Waals surface area (Å²) in [4.78, 5) is 16.4. The molecular weight excluding hydrogens is 216 g/mol. The summed E-state index contributed by atoms with van der Waals surface area (Å²) < 4.78 is 7.23. The van der Waals surface area contributed by atoms with Crippen molar-refractivity contribution in [2.24, 2.45) is 0 Å². The lowest BCUT2D eigenvalue weighted by molar-refractivity contribution is 0.0528. The lowest BCUT2D eigenvalue weighted by Crippen LogP contribution is -2.07. The molecule has 0 N–H and O–H groups in total. The molecule has 2 aromatic rings. The summed E-state index contributed by atoms with van der Waals surface area (Å²) in [5, 5.41) is 0. The molecule has 88 valence electrons. The van der Waals surface area contributed by atoms with E-state index in [2.05, 4.69) is 9.55 Å². The number of esters is 1. The van der Waals surface area contributed by atoms with Crippen molar-refractivity contribution in [3.05, 3.63) is 29.6 Å². The van der Waals surface area contributed by atoms with Crippen LogP contribution in [-0.4, -0.2) is 22.1 Å². The molecule has 4 heteroatoms. The van der Waals surface area contributed by atoms with Crippen LogP contribution in [0.3, 0.4) is 0 Å². The van der Waals surface area contributed by atoms with Gasteiger partial charge in [-0.05, 0) is 25.5 Å². The third-order valence-corrected chi connectivity index (χ3v) is 3.12. The van der Waals surface area contributed by atoms with E-state index in [0.29, 0.717) is 12.2 Å². The maximum absolute atomic E-state index is 11.9. The van der Waals surface area contributed by atoms with Crippen LogP contribution in [0.2, 0.25) is 0 Å². The van der Waals surface area contributed by atoms with E-state index in [0.717, 1.165) is 36.2 Å². The minimum atomic E-state index is -0.257. The van der Waals surface area contributed by atoms with Crippen molar-refractivity contribution in [3.8, 4) is 0 Å². The number of para-hydroxylation sites is 1. The second-order valence-electron chi connectivity index (χ2n) is 4.18. The van der Waals surface area contributed by atoms with Crippen molar-refractivity contribution in [3.63, 3.8) is 0 Å². The number of carbonyl (C=O) groups is 1. The largest absolute Gasteiger partial charge is 0.462 e. The van der Waals surface area contributed by atoms with E-state index in [-0.39, 0.29) is 5.97 Å². The number of fused-ring (bicyclic) bond motifs is 3. The predicted molar refractivity (Wildman–Crippen MR) is 64.0 cm³/mol. The summed E-state index contributed by atoms with van der Waals surface area (Å²) >= 11 is 0. The van der Waals surface area contributed by atoms with Crippen molar-refractivity contribution >= 4 is 17.0 Å². The van der Waals surface area contributed by atoms with Crippen LogP contribution in [-0.2, 0) is 17.7 Å². The first kappa shape index (κ1) is 10.3. The molecule has 17 heavy (non-hydrogen) atoms. The van der Waals surface area contributed by atoms with Gasteiger partial charge in [0.1, 0.15) is 5.82 Å². The van der Waals surface area contributed by atoms with Crippen molar-refractivity contribution in [1.29, 1.82) is 0 Å². The fourth-order valence-corrected chi connectivity index (χ4v) is 2.43. The van der Waals surface area contributed by atoms with Gasteiger partial charge in [-0.25, -0.2) is 9.78 Å². The second kappa shape index (κ2) is 3.87. The van der Waals surface area contributed by atoms with E-state index in [1.165, 1.54) is 0 Å². The van der Waals surface area contributed by atoms with Gasteiger partial charge < -0.3 is 9.30 Å². The van der Waals surface area contributed by atoms with Crippen LogP contribution in [0.25, 0.3) is 11.0 Å². The maximum atomic E-state index is 11.9. The number of nitrogens with zero attached hydrogens (tertiary/aromatic N) is 2. The van der Waals surface area contributed by atoms with E-state index in [1.54, 1.807) is 0 Å². The van der Waals surface area contributed by atoms with Gasteiger partial charge in [-0.15, -0.1) is 0 Å². The number of hydrogen-bond donors (Lipinski definition) is 0. The Morgan fingerprint density at radius 1 is 1.53 bits per heavy atom. The number of ether oxygens (including phenoxy) is 1. The number of aryl methyl sites for hydroxylation is 2. The summed E-state index contributed by atoms with van der Waals surface area (Å²) in [6, 6.07) is 5.62. The first-order valence-corrected chi connectivity index (χ1v) is 5.96. The van der Waals surface area contributed by atoms with E-state index < -0.39 is 0 Å². The van der Waals surface area contributed by atoms with Gasteiger partial charge in [0.25, 0.3) is 0 Å². The molecule has 1 aromatic carbocycles. The van der Waals surface area contributed by atoms with Gasteiger partial charge in [0.2, 0.25) is 0 Å². The molecule has 0 bridgehead atoms. The average Bonchev–Trinajstić information content (AvgIpc) is 2.88. The average molecular weight is 230 g/mol. The molecule has 0 saturated heterocycles. The monoisotopic (exact) mass is 230 g/mol. The molecule has 0 radical (unpaired) electrons. The normalized spacial score (nSPS) is 13.9. The number of aromatic nitrogens is 2. The molecule has 0 spiro atoms. The van der Waals surface area contributed by atoms with Crippen LogP contribution in [0, 0.1) is 0 Å². The Labute approximate surface area is 99.2 Å². The number of hydrogen-bond acceptors (Lipinski definition) is 3. The quantitative estimate of drug-likeness (QED) is 0.742. The summed E-state index contributed by atoms with van der Waals surface area (Å²) in [6.07, 6.45) is 2.10. The third-order valence-electron chi connectivity index (χ3n) is 3.12. The van der Waals surface area contributed by atoms with Crippen molar-refractivity contribution < 1.29 is 9.53 Å². The zero-order valence-corrected chi connectivity index (χ0v) is 9.77. The second-order valence-corrected chi connectivity index (χ2v) is 4.18. The van der Waals surface area contributed by atoms with E-state index in [4.69, 9.17) is 4.74 Å². The minimum absolute atomic E-state index is 0.257. The summed E-state index contributed by atoms with van der Waals surface area (Å²) in [6.45, 7) is 3.16. The highest BCUT2D eigenvalue weighted by atomic mass is 16.5. The molecule has 0 saturated carbocycles. The first-order chi connectivity index (χ1) is 8.31. The Hall–Kier alpha value is -1.84. The van der Waals surface area contributed by atoms with Crippen LogP contribution in [0.15, 0.2) is 18.2 Å². The summed E-state index contributed by atoms with van der Waals surface area (Å²) in [5.41, 5.74) is 2.45. The molecule has 1 aliphatic heterocycles. The fourth-order valence-electron chi connectivity index (χ4n) is 2.43. The first-order valence-electron chi connectivity index (χ1n) is 5.96. The molecule has 0 unspecified atom stereocenters. The van der Waals surface area contributed by atoms with Gasteiger partial charge in [-0.2, -0.15) is 0 Å². The van der Waals surface area contributed by atoms with Gasteiger partial charge in [0.05, 0.1) is 23.2 Å². The Kier molecular flexibility index (Phi) is 2.35. The molecule has 0 fully saturated rings. The highest BCUT2D eigenvalue weighted by molar-refractivity contribution is 6.02. The summed E-state index contributed by atoms with van der Waals surface area (Å²) in [7, 11) is 0. The lowest BCUT2D eigenvalue weighted by Gasteiger charge is -2.05. The number of imidazole rings is 1. The van der Waals surface area contributed by atoms with Crippen molar-refractivity contribution in [2.45, 2.75) is 26.3 Å². The van der Waals surface area contributed by atoms with Gasteiger partial charge in [0, 0.05) is 13.0 Å². The zero-order chi connectivity index (χ0) is 11.8.